The first kappa shape index (κ1) is 18.5. The Morgan fingerprint density at radius 1 is 1.05 bits per heavy atom. The number of aryl methyl sites for hydroxylation is 1. The van der Waals surface area contributed by atoms with E-state index in [-0.39, 0.29) is 12.6 Å². The molecule has 0 bridgehead atoms. The van der Waals surface area contributed by atoms with Crippen LogP contribution in [0.3, 0.4) is 0 Å². The predicted molar refractivity (Wildman–Crippen MR) is 90.1 cm³/mol. The van der Waals surface area contributed by atoms with Gasteiger partial charge >= 0.3 is 5.97 Å². The standard InChI is InChI=1S/C11H14O3.C8H16/c1-3-9-4-6-10(7-5-9)14-8-11(12)13-2;1-7-3-5-8(2)6-4-7/h4-7H,3,8H2,1-2H3;7-8H,3-6H2,1-2H3. The van der Waals surface area contributed by atoms with Gasteiger partial charge in [0.05, 0.1) is 7.11 Å². The fourth-order valence-corrected chi connectivity index (χ4v) is 2.45. The molecule has 1 aliphatic rings. The molecule has 0 aromatic heterocycles. The Balaban J connectivity index is 0.000000255. The molecule has 0 spiro atoms. The van der Waals surface area contributed by atoms with Crippen LogP contribution in [0, 0.1) is 11.8 Å². The van der Waals surface area contributed by atoms with E-state index in [2.05, 4.69) is 25.5 Å². The summed E-state index contributed by atoms with van der Waals surface area (Å²) in [5, 5.41) is 0. The van der Waals surface area contributed by atoms with Gasteiger partial charge in [0.15, 0.2) is 6.61 Å². The highest BCUT2D eigenvalue weighted by Crippen LogP contribution is 2.27. The zero-order valence-corrected chi connectivity index (χ0v) is 14.4. The third-order valence-corrected chi connectivity index (χ3v) is 4.22. The number of esters is 1. The van der Waals surface area contributed by atoms with Gasteiger partial charge in [0.2, 0.25) is 0 Å². The van der Waals surface area contributed by atoms with Gasteiger partial charge in [-0.2, -0.15) is 0 Å². The second kappa shape index (κ2) is 10.3. The third kappa shape index (κ3) is 7.48. The first-order chi connectivity index (χ1) is 10.5. The fraction of sp³-hybridized carbons (Fsp3) is 0.632. The Labute approximate surface area is 135 Å². The predicted octanol–water partition coefficient (Wildman–Crippen LogP) is 4.63. The van der Waals surface area contributed by atoms with Crippen molar-refractivity contribution < 1.29 is 14.3 Å². The van der Waals surface area contributed by atoms with Gasteiger partial charge in [0.1, 0.15) is 5.75 Å². The van der Waals surface area contributed by atoms with Gasteiger partial charge in [-0.1, -0.05) is 58.6 Å². The molecule has 1 saturated carbocycles. The highest BCUT2D eigenvalue weighted by atomic mass is 16.6. The summed E-state index contributed by atoms with van der Waals surface area (Å²) in [7, 11) is 1.34. The van der Waals surface area contributed by atoms with Gasteiger partial charge < -0.3 is 9.47 Å². The summed E-state index contributed by atoms with van der Waals surface area (Å²) in [4.78, 5) is 10.8. The number of methoxy groups -OCH3 is 1. The van der Waals surface area contributed by atoms with Crippen molar-refractivity contribution in [2.75, 3.05) is 13.7 Å². The molecule has 1 aliphatic carbocycles. The van der Waals surface area contributed by atoms with E-state index in [1.54, 1.807) is 0 Å². The summed E-state index contributed by atoms with van der Waals surface area (Å²) in [6.45, 7) is 6.78. The molecular weight excluding hydrogens is 276 g/mol. The molecule has 0 aliphatic heterocycles. The van der Waals surface area contributed by atoms with E-state index < -0.39 is 0 Å². The van der Waals surface area contributed by atoms with Gasteiger partial charge in [-0.3, -0.25) is 0 Å². The van der Waals surface area contributed by atoms with Gasteiger partial charge in [-0.15, -0.1) is 0 Å². The lowest BCUT2D eigenvalue weighted by Crippen LogP contribution is -2.12. The Morgan fingerprint density at radius 3 is 1.95 bits per heavy atom. The van der Waals surface area contributed by atoms with Crippen LogP contribution in [0.5, 0.6) is 5.75 Å². The summed E-state index contributed by atoms with van der Waals surface area (Å²) in [6.07, 6.45) is 6.89. The Hall–Kier alpha value is -1.51. The van der Waals surface area contributed by atoms with Crippen molar-refractivity contribution in [3.8, 4) is 5.75 Å². The lowest BCUT2D eigenvalue weighted by molar-refractivity contribution is -0.142. The summed E-state index contributed by atoms with van der Waals surface area (Å²) in [5.74, 6) is 2.36. The summed E-state index contributed by atoms with van der Waals surface area (Å²) in [6, 6.07) is 7.66. The van der Waals surface area contributed by atoms with Crippen LogP contribution in [0.4, 0.5) is 0 Å². The average Bonchev–Trinajstić information content (AvgIpc) is 2.56. The quantitative estimate of drug-likeness (QED) is 0.761. The van der Waals surface area contributed by atoms with Crippen molar-refractivity contribution in [3.05, 3.63) is 29.8 Å². The van der Waals surface area contributed by atoms with E-state index in [0.717, 1.165) is 18.3 Å². The molecule has 0 radical (unpaired) electrons. The molecule has 124 valence electrons. The van der Waals surface area contributed by atoms with E-state index in [4.69, 9.17) is 4.74 Å². The zero-order valence-electron chi connectivity index (χ0n) is 14.4. The molecule has 0 N–H and O–H groups in total. The van der Waals surface area contributed by atoms with Crippen LogP contribution in [0.1, 0.15) is 52.0 Å². The average molecular weight is 306 g/mol. The van der Waals surface area contributed by atoms with Crippen molar-refractivity contribution >= 4 is 5.97 Å². The molecule has 2 rings (SSSR count). The largest absolute Gasteiger partial charge is 0.482 e. The van der Waals surface area contributed by atoms with Crippen LogP contribution in [0.2, 0.25) is 0 Å². The molecule has 0 unspecified atom stereocenters. The molecular formula is C19H30O3. The minimum atomic E-state index is -0.371. The second-order valence-corrected chi connectivity index (χ2v) is 6.23. The summed E-state index contributed by atoms with van der Waals surface area (Å²) < 4.78 is 9.64. The maximum absolute atomic E-state index is 10.8. The molecule has 3 heteroatoms. The van der Waals surface area contributed by atoms with E-state index in [0.29, 0.717) is 5.75 Å². The Bertz CT molecular complexity index is 407. The smallest absolute Gasteiger partial charge is 0.343 e. The molecule has 0 amide bonds. The number of carbonyl (C=O) groups is 1. The Morgan fingerprint density at radius 2 is 1.55 bits per heavy atom. The van der Waals surface area contributed by atoms with Crippen molar-refractivity contribution in [1.29, 1.82) is 0 Å². The van der Waals surface area contributed by atoms with Crippen LogP contribution in [0.25, 0.3) is 0 Å². The molecule has 0 saturated heterocycles. The third-order valence-electron chi connectivity index (χ3n) is 4.22. The molecule has 3 nitrogen and oxygen atoms in total. The topological polar surface area (TPSA) is 35.5 Å². The molecule has 1 fully saturated rings. The van der Waals surface area contributed by atoms with Crippen LogP contribution in [-0.2, 0) is 16.0 Å². The van der Waals surface area contributed by atoms with Crippen molar-refractivity contribution in [2.24, 2.45) is 11.8 Å². The number of carbonyl (C=O) groups excluding carboxylic acids is 1. The summed E-state index contributed by atoms with van der Waals surface area (Å²) >= 11 is 0. The SMILES string of the molecule is CC1CCC(C)CC1.CCc1ccc(OCC(=O)OC)cc1. The van der Waals surface area contributed by atoms with E-state index in [1.807, 2.05) is 24.3 Å². The van der Waals surface area contributed by atoms with Gasteiger partial charge in [0, 0.05) is 0 Å². The van der Waals surface area contributed by atoms with E-state index in [9.17, 15) is 4.79 Å². The molecule has 1 aromatic rings. The highest BCUT2D eigenvalue weighted by molar-refractivity contribution is 5.70. The van der Waals surface area contributed by atoms with Crippen LogP contribution >= 0.6 is 0 Å². The lowest BCUT2D eigenvalue weighted by Gasteiger charge is -2.22. The monoisotopic (exact) mass is 306 g/mol. The highest BCUT2D eigenvalue weighted by Gasteiger charge is 2.13. The van der Waals surface area contributed by atoms with E-state index in [1.165, 1.54) is 38.4 Å². The zero-order chi connectivity index (χ0) is 16.4. The molecule has 0 atom stereocenters. The maximum Gasteiger partial charge on any atom is 0.343 e. The normalized spacial score (nSPS) is 20.5. The molecule has 22 heavy (non-hydrogen) atoms. The Kier molecular flexibility index (Phi) is 8.64. The minimum Gasteiger partial charge on any atom is -0.482 e. The fourth-order valence-electron chi connectivity index (χ4n) is 2.45. The second-order valence-electron chi connectivity index (χ2n) is 6.23. The minimum absolute atomic E-state index is 0.0397. The number of rotatable bonds is 4. The number of benzene rings is 1. The number of hydrogen-bond donors (Lipinski definition) is 0. The summed E-state index contributed by atoms with van der Waals surface area (Å²) in [5.41, 5.74) is 1.25. The maximum atomic E-state index is 10.8. The number of hydrogen-bond acceptors (Lipinski definition) is 3. The van der Waals surface area contributed by atoms with Gasteiger partial charge in [-0.05, 0) is 36.0 Å². The molecule has 1 aromatic carbocycles. The van der Waals surface area contributed by atoms with Crippen LogP contribution in [0.15, 0.2) is 24.3 Å². The van der Waals surface area contributed by atoms with Crippen molar-refractivity contribution in [1.82, 2.24) is 0 Å². The van der Waals surface area contributed by atoms with Crippen molar-refractivity contribution in [3.63, 3.8) is 0 Å². The van der Waals surface area contributed by atoms with Gasteiger partial charge in [-0.25, -0.2) is 4.79 Å². The molecule has 0 heterocycles. The van der Waals surface area contributed by atoms with Crippen LogP contribution in [-0.4, -0.2) is 19.7 Å². The lowest BCUT2D eigenvalue weighted by atomic mass is 9.84. The van der Waals surface area contributed by atoms with Crippen LogP contribution < -0.4 is 4.74 Å². The van der Waals surface area contributed by atoms with Gasteiger partial charge in [0.25, 0.3) is 0 Å². The first-order valence-corrected chi connectivity index (χ1v) is 8.33. The van der Waals surface area contributed by atoms with Crippen molar-refractivity contribution in [2.45, 2.75) is 52.9 Å². The number of ether oxygens (including phenoxy) is 2. The van der Waals surface area contributed by atoms with E-state index >= 15 is 0 Å². The first-order valence-electron chi connectivity index (χ1n) is 8.33.